The van der Waals surface area contributed by atoms with Gasteiger partial charge in [-0.15, -0.1) is 0 Å². The normalized spacial score (nSPS) is 12.4. The predicted octanol–water partition coefficient (Wildman–Crippen LogP) is 8.44. The average molecular weight is 484 g/mol. The van der Waals surface area contributed by atoms with Gasteiger partial charge in [0.2, 0.25) is 0 Å². The zero-order valence-electron chi connectivity index (χ0n) is 23.5. The molecule has 0 spiro atoms. The van der Waals surface area contributed by atoms with Gasteiger partial charge in [-0.2, -0.15) is 0 Å². The van der Waals surface area contributed by atoms with Gasteiger partial charge in [-0.1, -0.05) is 104 Å². The van der Waals surface area contributed by atoms with Crippen molar-refractivity contribution < 1.29 is 14.6 Å². The molecule has 0 aliphatic rings. The number of aliphatic hydroxyl groups is 1. The van der Waals surface area contributed by atoms with E-state index in [0.717, 1.165) is 51.7 Å². The standard InChI is InChI=1S/C30H61NO3/c1-4-7-10-13-15-18-23-29(22-17-14-11-8-5-2)34-30(33)24-19-16-21-26-31(27-28-32)25-20-12-9-6-3/h29,32H,4-28H2,1-3H3. The van der Waals surface area contributed by atoms with E-state index in [1.807, 2.05) is 0 Å². The van der Waals surface area contributed by atoms with Gasteiger partial charge < -0.3 is 14.7 Å². The van der Waals surface area contributed by atoms with Gasteiger partial charge in [-0.3, -0.25) is 4.79 Å². The second-order valence-electron chi connectivity index (χ2n) is 10.3. The second kappa shape index (κ2) is 27.0. The van der Waals surface area contributed by atoms with Crippen LogP contribution in [0.3, 0.4) is 0 Å². The minimum atomic E-state index is 0.0105. The van der Waals surface area contributed by atoms with E-state index in [1.165, 1.54) is 96.3 Å². The highest BCUT2D eigenvalue weighted by atomic mass is 16.5. The molecule has 0 radical (unpaired) electrons. The van der Waals surface area contributed by atoms with Crippen molar-refractivity contribution in [3.8, 4) is 0 Å². The number of hydrogen-bond donors (Lipinski definition) is 1. The first-order chi connectivity index (χ1) is 16.7. The van der Waals surface area contributed by atoms with Crippen molar-refractivity contribution in [2.45, 2.75) is 162 Å². The molecule has 0 aromatic heterocycles. The summed E-state index contributed by atoms with van der Waals surface area (Å²) in [6, 6.07) is 0. The first-order valence-corrected chi connectivity index (χ1v) is 15.2. The maximum absolute atomic E-state index is 12.5. The lowest BCUT2D eigenvalue weighted by Gasteiger charge is -2.21. The summed E-state index contributed by atoms with van der Waals surface area (Å²) in [6.45, 7) is 9.86. The number of hydrogen-bond acceptors (Lipinski definition) is 4. The van der Waals surface area contributed by atoms with Crippen LogP contribution in [0.5, 0.6) is 0 Å². The lowest BCUT2D eigenvalue weighted by atomic mass is 10.0. The summed E-state index contributed by atoms with van der Waals surface area (Å²) in [5.41, 5.74) is 0. The van der Waals surface area contributed by atoms with Gasteiger partial charge in [0.15, 0.2) is 0 Å². The molecule has 4 nitrogen and oxygen atoms in total. The van der Waals surface area contributed by atoms with Gasteiger partial charge in [0, 0.05) is 13.0 Å². The minimum Gasteiger partial charge on any atom is -0.462 e. The van der Waals surface area contributed by atoms with Crippen molar-refractivity contribution in [3.05, 3.63) is 0 Å². The molecule has 0 heterocycles. The molecule has 0 aliphatic carbocycles. The maximum Gasteiger partial charge on any atom is 0.306 e. The fourth-order valence-electron chi connectivity index (χ4n) is 4.66. The monoisotopic (exact) mass is 483 g/mol. The Morgan fingerprint density at radius 2 is 1.06 bits per heavy atom. The summed E-state index contributed by atoms with van der Waals surface area (Å²) in [7, 11) is 0. The smallest absolute Gasteiger partial charge is 0.306 e. The van der Waals surface area contributed by atoms with E-state index in [4.69, 9.17) is 4.74 Å². The highest BCUT2D eigenvalue weighted by Gasteiger charge is 2.14. The van der Waals surface area contributed by atoms with Crippen molar-refractivity contribution in [1.82, 2.24) is 4.90 Å². The maximum atomic E-state index is 12.5. The van der Waals surface area contributed by atoms with Gasteiger partial charge in [0.25, 0.3) is 0 Å². The number of unbranched alkanes of at least 4 members (excludes halogenated alkanes) is 14. The molecule has 1 unspecified atom stereocenters. The number of ether oxygens (including phenoxy) is 1. The molecule has 0 amide bonds. The zero-order chi connectivity index (χ0) is 25.1. The van der Waals surface area contributed by atoms with Gasteiger partial charge in [0.05, 0.1) is 6.61 Å². The molecular weight excluding hydrogens is 422 g/mol. The number of rotatable bonds is 27. The Bertz CT molecular complexity index is 416. The Labute approximate surface area is 213 Å². The number of esters is 1. The van der Waals surface area contributed by atoms with Crippen LogP contribution in [-0.4, -0.2) is 48.3 Å². The van der Waals surface area contributed by atoms with Gasteiger partial charge in [-0.05, 0) is 58.0 Å². The largest absolute Gasteiger partial charge is 0.462 e. The lowest BCUT2D eigenvalue weighted by Crippen LogP contribution is -2.29. The van der Waals surface area contributed by atoms with Crippen LogP contribution in [0, 0.1) is 0 Å². The van der Waals surface area contributed by atoms with Crippen molar-refractivity contribution >= 4 is 5.97 Å². The van der Waals surface area contributed by atoms with Gasteiger partial charge in [0.1, 0.15) is 6.10 Å². The SMILES string of the molecule is CCCCCCCCC(CCCCCCC)OC(=O)CCCCCN(CCO)CCCCCC. The van der Waals surface area contributed by atoms with Crippen molar-refractivity contribution in [1.29, 1.82) is 0 Å². The van der Waals surface area contributed by atoms with Crippen LogP contribution in [0.4, 0.5) is 0 Å². The minimum absolute atomic E-state index is 0.0105. The molecule has 1 atom stereocenters. The third-order valence-electron chi connectivity index (χ3n) is 6.91. The van der Waals surface area contributed by atoms with Crippen molar-refractivity contribution in [3.63, 3.8) is 0 Å². The molecule has 0 fully saturated rings. The second-order valence-corrected chi connectivity index (χ2v) is 10.3. The van der Waals surface area contributed by atoms with Crippen molar-refractivity contribution in [2.24, 2.45) is 0 Å². The molecular formula is C30H61NO3. The summed E-state index contributed by atoms with van der Waals surface area (Å²) in [4.78, 5) is 14.9. The molecule has 34 heavy (non-hydrogen) atoms. The third kappa shape index (κ3) is 23.1. The fraction of sp³-hybridized carbons (Fsp3) is 0.967. The van der Waals surface area contributed by atoms with E-state index in [1.54, 1.807) is 0 Å². The summed E-state index contributed by atoms with van der Waals surface area (Å²) in [5, 5.41) is 9.32. The molecule has 0 saturated heterocycles. The summed E-state index contributed by atoms with van der Waals surface area (Å²) < 4.78 is 5.94. The Morgan fingerprint density at radius 3 is 1.56 bits per heavy atom. The van der Waals surface area contributed by atoms with Crippen LogP contribution >= 0.6 is 0 Å². The molecule has 204 valence electrons. The Hall–Kier alpha value is -0.610. The summed E-state index contributed by atoms with van der Waals surface area (Å²) in [6.07, 6.45) is 25.0. The molecule has 0 saturated carbocycles. The van der Waals surface area contributed by atoms with E-state index < -0.39 is 0 Å². The van der Waals surface area contributed by atoms with Crippen LogP contribution in [0.15, 0.2) is 0 Å². The number of nitrogens with zero attached hydrogens (tertiary/aromatic N) is 1. The van der Waals surface area contributed by atoms with E-state index in [-0.39, 0.29) is 18.7 Å². The van der Waals surface area contributed by atoms with Crippen LogP contribution in [0.25, 0.3) is 0 Å². The Kier molecular flexibility index (Phi) is 26.5. The van der Waals surface area contributed by atoms with Crippen LogP contribution in [0.1, 0.15) is 156 Å². The number of carbonyl (C=O) groups is 1. The lowest BCUT2D eigenvalue weighted by molar-refractivity contribution is -0.150. The van der Waals surface area contributed by atoms with Crippen LogP contribution in [-0.2, 0) is 9.53 Å². The van der Waals surface area contributed by atoms with Gasteiger partial charge in [-0.25, -0.2) is 0 Å². The van der Waals surface area contributed by atoms with Gasteiger partial charge >= 0.3 is 5.97 Å². The van der Waals surface area contributed by atoms with E-state index in [0.29, 0.717) is 6.42 Å². The molecule has 1 N–H and O–H groups in total. The first-order valence-electron chi connectivity index (χ1n) is 15.2. The number of aliphatic hydroxyl groups excluding tert-OH is 1. The summed E-state index contributed by atoms with van der Waals surface area (Å²) >= 11 is 0. The first kappa shape index (κ1) is 33.4. The average Bonchev–Trinajstić information content (AvgIpc) is 2.83. The molecule has 0 rings (SSSR count). The fourth-order valence-corrected chi connectivity index (χ4v) is 4.66. The molecule has 4 heteroatoms. The molecule has 0 bridgehead atoms. The third-order valence-corrected chi connectivity index (χ3v) is 6.91. The molecule has 0 aromatic carbocycles. The molecule has 0 aromatic rings. The van der Waals surface area contributed by atoms with Crippen LogP contribution < -0.4 is 0 Å². The van der Waals surface area contributed by atoms with E-state index in [2.05, 4.69) is 25.7 Å². The molecule has 0 aliphatic heterocycles. The topological polar surface area (TPSA) is 49.8 Å². The number of carbonyl (C=O) groups excluding carboxylic acids is 1. The predicted molar refractivity (Wildman–Crippen MR) is 147 cm³/mol. The highest BCUT2D eigenvalue weighted by Crippen LogP contribution is 2.18. The highest BCUT2D eigenvalue weighted by molar-refractivity contribution is 5.69. The Balaban J connectivity index is 4.13. The van der Waals surface area contributed by atoms with E-state index >= 15 is 0 Å². The Morgan fingerprint density at radius 1 is 0.618 bits per heavy atom. The van der Waals surface area contributed by atoms with E-state index in [9.17, 15) is 9.90 Å². The van der Waals surface area contributed by atoms with Crippen molar-refractivity contribution in [2.75, 3.05) is 26.2 Å². The van der Waals surface area contributed by atoms with Crippen LogP contribution in [0.2, 0.25) is 0 Å². The quantitative estimate of drug-likeness (QED) is 0.0940. The zero-order valence-corrected chi connectivity index (χ0v) is 23.5. The summed E-state index contributed by atoms with van der Waals surface area (Å²) in [5.74, 6) is 0.0105.